The Bertz CT molecular complexity index is 286. The first-order valence-corrected chi connectivity index (χ1v) is 6.71. The standard InChI is InChI=1S/C13H20OS/c1-11(15-3)7-6-9-12-8-4-5-10-13(12)14-2/h4-5,8,10-11H,6-7,9H2,1-3H3. The van der Waals surface area contributed by atoms with Gasteiger partial charge in [-0.2, -0.15) is 11.8 Å². The molecule has 0 aliphatic heterocycles. The summed E-state index contributed by atoms with van der Waals surface area (Å²) in [6, 6.07) is 8.29. The molecule has 0 fully saturated rings. The van der Waals surface area contributed by atoms with Crippen molar-refractivity contribution in [3.63, 3.8) is 0 Å². The fourth-order valence-electron chi connectivity index (χ4n) is 1.61. The number of para-hydroxylation sites is 1. The Morgan fingerprint density at radius 2 is 2.07 bits per heavy atom. The fraction of sp³-hybridized carbons (Fsp3) is 0.538. The highest BCUT2D eigenvalue weighted by molar-refractivity contribution is 7.99. The maximum Gasteiger partial charge on any atom is 0.122 e. The number of thioether (sulfide) groups is 1. The Kier molecular flexibility index (Phi) is 5.62. The second kappa shape index (κ2) is 6.78. The summed E-state index contributed by atoms with van der Waals surface area (Å²) >= 11 is 1.94. The minimum absolute atomic E-state index is 0.764. The van der Waals surface area contributed by atoms with Crippen LogP contribution in [0.2, 0.25) is 0 Å². The van der Waals surface area contributed by atoms with Gasteiger partial charge in [0.05, 0.1) is 7.11 Å². The van der Waals surface area contributed by atoms with Crippen LogP contribution in [0.4, 0.5) is 0 Å². The van der Waals surface area contributed by atoms with Crippen molar-refractivity contribution < 1.29 is 4.74 Å². The predicted molar refractivity (Wildman–Crippen MR) is 68.9 cm³/mol. The molecule has 1 aromatic rings. The Balaban J connectivity index is 2.43. The largest absolute Gasteiger partial charge is 0.496 e. The molecule has 0 radical (unpaired) electrons. The second-order valence-electron chi connectivity index (χ2n) is 3.75. The van der Waals surface area contributed by atoms with Crippen LogP contribution >= 0.6 is 11.8 Å². The first-order chi connectivity index (χ1) is 7.27. The molecule has 0 aliphatic carbocycles. The van der Waals surface area contributed by atoms with Crippen molar-refractivity contribution in [2.45, 2.75) is 31.4 Å². The molecule has 1 aromatic carbocycles. The molecule has 0 N–H and O–H groups in total. The van der Waals surface area contributed by atoms with E-state index in [-0.39, 0.29) is 0 Å². The maximum absolute atomic E-state index is 5.32. The number of hydrogen-bond acceptors (Lipinski definition) is 2. The molecule has 0 spiro atoms. The summed E-state index contributed by atoms with van der Waals surface area (Å²) in [5, 5.41) is 0.764. The summed E-state index contributed by atoms with van der Waals surface area (Å²) in [5.41, 5.74) is 1.33. The van der Waals surface area contributed by atoms with E-state index in [4.69, 9.17) is 4.74 Å². The molecule has 1 unspecified atom stereocenters. The van der Waals surface area contributed by atoms with Crippen LogP contribution in [0.25, 0.3) is 0 Å². The molecule has 2 heteroatoms. The minimum Gasteiger partial charge on any atom is -0.496 e. The smallest absolute Gasteiger partial charge is 0.122 e. The molecule has 0 heterocycles. The van der Waals surface area contributed by atoms with Gasteiger partial charge in [-0.1, -0.05) is 25.1 Å². The first kappa shape index (κ1) is 12.4. The number of rotatable bonds is 6. The zero-order valence-electron chi connectivity index (χ0n) is 9.82. The molecule has 15 heavy (non-hydrogen) atoms. The van der Waals surface area contributed by atoms with Crippen LogP contribution in [0.1, 0.15) is 25.3 Å². The lowest BCUT2D eigenvalue weighted by atomic mass is 10.1. The third-order valence-electron chi connectivity index (χ3n) is 2.65. The number of benzene rings is 1. The van der Waals surface area contributed by atoms with Crippen LogP contribution in [0.5, 0.6) is 5.75 Å². The van der Waals surface area contributed by atoms with E-state index in [0.29, 0.717) is 0 Å². The van der Waals surface area contributed by atoms with Crippen molar-refractivity contribution in [1.29, 1.82) is 0 Å². The topological polar surface area (TPSA) is 9.23 Å². The van der Waals surface area contributed by atoms with Crippen LogP contribution in [-0.4, -0.2) is 18.6 Å². The van der Waals surface area contributed by atoms with Gasteiger partial charge in [0.25, 0.3) is 0 Å². The Morgan fingerprint density at radius 1 is 1.33 bits per heavy atom. The first-order valence-electron chi connectivity index (χ1n) is 5.42. The Labute approximate surface area is 97.2 Å². The molecule has 0 aliphatic rings. The monoisotopic (exact) mass is 224 g/mol. The van der Waals surface area contributed by atoms with E-state index in [2.05, 4.69) is 25.3 Å². The zero-order chi connectivity index (χ0) is 11.1. The van der Waals surface area contributed by atoms with E-state index in [0.717, 1.165) is 17.4 Å². The van der Waals surface area contributed by atoms with Crippen LogP contribution in [0.3, 0.4) is 0 Å². The van der Waals surface area contributed by atoms with E-state index in [9.17, 15) is 0 Å². The van der Waals surface area contributed by atoms with Crippen LogP contribution in [0.15, 0.2) is 24.3 Å². The highest BCUT2D eigenvalue weighted by Gasteiger charge is 2.03. The van der Waals surface area contributed by atoms with Gasteiger partial charge in [0, 0.05) is 5.25 Å². The maximum atomic E-state index is 5.32. The Morgan fingerprint density at radius 3 is 2.73 bits per heavy atom. The zero-order valence-corrected chi connectivity index (χ0v) is 10.6. The van der Waals surface area contributed by atoms with Crippen LogP contribution in [0, 0.1) is 0 Å². The summed E-state index contributed by atoms with van der Waals surface area (Å²) in [7, 11) is 1.74. The number of ether oxygens (including phenoxy) is 1. The molecule has 0 bridgehead atoms. The lowest BCUT2D eigenvalue weighted by molar-refractivity contribution is 0.409. The SMILES string of the molecule is COc1ccccc1CCCC(C)SC. The van der Waals surface area contributed by atoms with Gasteiger partial charge in [-0.25, -0.2) is 0 Å². The average molecular weight is 224 g/mol. The molecule has 0 saturated heterocycles. The lowest BCUT2D eigenvalue weighted by Gasteiger charge is -2.10. The van der Waals surface area contributed by atoms with Crippen LogP contribution < -0.4 is 4.74 Å². The molecule has 0 saturated carbocycles. The average Bonchev–Trinajstić information content (AvgIpc) is 2.29. The van der Waals surface area contributed by atoms with Crippen molar-refractivity contribution in [2.24, 2.45) is 0 Å². The molecular formula is C13H20OS. The van der Waals surface area contributed by atoms with Gasteiger partial charge in [0.15, 0.2) is 0 Å². The summed E-state index contributed by atoms with van der Waals surface area (Å²) < 4.78 is 5.32. The summed E-state index contributed by atoms with van der Waals surface area (Å²) in [6.07, 6.45) is 5.81. The molecular weight excluding hydrogens is 204 g/mol. The van der Waals surface area contributed by atoms with E-state index >= 15 is 0 Å². The van der Waals surface area contributed by atoms with E-state index in [1.807, 2.05) is 23.9 Å². The van der Waals surface area contributed by atoms with Gasteiger partial charge in [-0.15, -0.1) is 0 Å². The van der Waals surface area contributed by atoms with Crippen molar-refractivity contribution in [1.82, 2.24) is 0 Å². The minimum atomic E-state index is 0.764. The summed E-state index contributed by atoms with van der Waals surface area (Å²) in [5.74, 6) is 1.02. The van der Waals surface area contributed by atoms with Crippen molar-refractivity contribution in [2.75, 3.05) is 13.4 Å². The number of aryl methyl sites for hydroxylation is 1. The molecule has 1 atom stereocenters. The third kappa shape index (κ3) is 4.17. The van der Waals surface area contributed by atoms with E-state index < -0.39 is 0 Å². The van der Waals surface area contributed by atoms with Gasteiger partial charge in [-0.3, -0.25) is 0 Å². The molecule has 1 nitrogen and oxygen atoms in total. The summed E-state index contributed by atoms with van der Waals surface area (Å²) in [4.78, 5) is 0. The van der Waals surface area contributed by atoms with E-state index in [1.54, 1.807) is 7.11 Å². The second-order valence-corrected chi connectivity index (χ2v) is 5.03. The number of hydrogen-bond donors (Lipinski definition) is 0. The summed E-state index contributed by atoms with van der Waals surface area (Å²) in [6.45, 7) is 2.28. The van der Waals surface area contributed by atoms with Crippen molar-refractivity contribution in [3.05, 3.63) is 29.8 Å². The normalized spacial score (nSPS) is 12.5. The molecule has 0 amide bonds. The Hall–Kier alpha value is -0.630. The van der Waals surface area contributed by atoms with Gasteiger partial charge in [0.2, 0.25) is 0 Å². The van der Waals surface area contributed by atoms with Gasteiger partial charge in [0.1, 0.15) is 5.75 Å². The molecule has 1 rings (SSSR count). The van der Waals surface area contributed by atoms with Gasteiger partial charge >= 0.3 is 0 Å². The molecule has 84 valence electrons. The quantitative estimate of drug-likeness (QED) is 0.727. The highest BCUT2D eigenvalue weighted by atomic mass is 32.2. The predicted octanol–water partition coefficient (Wildman–Crippen LogP) is 3.77. The van der Waals surface area contributed by atoms with Crippen molar-refractivity contribution in [3.8, 4) is 5.75 Å². The van der Waals surface area contributed by atoms with Crippen LogP contribution in [-0.2, 0) is 6.42 Å². The molecule has 0 aromatic heterocycles. The third-order valence-corrected chi connectivity index (χ3v) is 3.69. The highest BCUT2D eigenvalue weighted by Crippen LogP contribution is 2.21. The van der Waals surface area contributed by atoms with Gasteiger partial charge < -0.3 is 4.74 Å². The van der Waals surface area contributed by atoms with Crippen molar-refractivity contribution >= 4 is 11.8 Å². The fourth-order valence-corrected chi connectivity index (χ4v) is 2.01. The lowest BCUT2D eigenvalue weighted by Crippen LogP contribution is -1.97. The van der Waals surface area contributed by atoms with E-state index in [1.165, 1.54) is 18.4 Å². The van der Waals surface area contributed by atoms with Gasteiger partial charge in [-0.05, 0) is 37.1 Å². The number of methoxy groups -OCH3 is 1.